The molecule has 0 aliphatic heterocycles. The van der Waals surface area contributed by atoms with E-state index in [1.165, 1.54) is 24.3 Å². The quantitative estimate of drug-likeness (QED) is 0.418. The van der Waals surface area contributed by atoms with E-state index in [1.807, 2.05) is 0 Å². The highest BCUT2D eigenvalue weighted by atomic mass is 35.5. The second-order valence-corrected chi connectivity index (χ2v) is 10.0. The monoisotopic (exact) mass is 546 g/mol. The average molecular weight is 549 g/mol. The molecule has 0 unspecified atom stereocenters. The summed E-state index contributed by atoms with van der Waals surface area (Å²) in [5.74, 6) is -2.96. The van der Waals surface area contributed by atoms with Crippen molar-refractivity contribution in [1.29, 1.82) is 0 Å². The number of halogens is 8. The Morgan fingerprint density at radius 3 is 2.22 bits per heavy atom. The summed E-state index contributed by atoms with van der Waals surface area (Å²) in [6, 6.07) is 8.60. The van der Waals surface area contributed by atoms with Crippen LogP contribution in [0.2, 0.25) is 15.1 Å². The normalized spacial score (nSPS) is 19.4. The first-order valence-corrected chi connectivity index (χ1v) is 10.9. The molecule has 4 nitrogen and oxygen atoms in total. The van der Waals surface area contributed by atoms with Gasteiger partial charge in [-0.1, -0.05) is 34.8 Å². The third kappa shape index (κ3) is 5.57. The van der Waals surface area contributed by atoms with Gasteiger partial charge in [0, 0.05) is 28.7 Å². The van der Waals surface area contributed by atoms with Crippen LogP contribution in [0.4, 0.5) is 18.9 Å². The lowest BCUT2D eigenvalue weighted by atomic mass is 10.1. The highest BCUT2D eigenvalue weighted by Crippen LogP contribution is 2.65. The van der Waals surface area contributed by atoms with Crippen molar-refractivity contribution in [3.05, 3.63) is 62.6 Å². The molecule has 1 aliphatic carbocycles. The van der Waals surface area contributed by atoms with Crippen molar-refractivity contribution >= 4 is 75.5 Å². The van der Waals surface area contributed by atoms with Gasteiger partial charge in [0.25, 0.3) is 5.91 Å². The molecule has 0 saturated heterocycles. The summed E-state index contributed by atoms with van der Waals surface area (Å²) in [4.78, 5) is 25.7. The minimum atomic E-state index is -4.57. The standard InChI is InChI=1S/C20H14Cl5F3N2O2/c1-30(8-19(26,27)28)18(32)13-7-12(2-3-14(13)23)29-17(31)16-15(20(16,24)25)9-4-10(21)6-11(22)5-9/h2-7,15-16H,8H2,1H3,(H,29,31)/t15-,16+/m1/s1. The minimum Gasteiger partial charge on any atom is -0.333 e. The number of rotatable bonds is 5. The van der Waals surface area contributed by atoms with Gasteiger partial charge in [-0.25, -0.2) is 0 Å². The number of carbonyl (C=O) groups excluding carboxylic acids is 2. The molecule has 0 spiro atoms. The van der Waals surface area contributed by atoms with Crippen LogP contribution in [-0.4, -0.2) is 40.8 Å². The number of carbonyl (C=O) groups is 2. The van der Waals surface area contributed by atoms with Crippen LogP contribution in [0.15, 0.2) is 36.4 Å². The maximum absolute atomic E-state index is 12.8. The summed E-state index contributed by atoms with van der Waals surface area (Å²) in [5.41, 5.74) is 0.517. The predicted octanol–water partition coefficient (Wildman–Crippen LogP) is 6.81. The van der Waals surface area contributed by atoms with Gasteiger partial charge < -0.3 is 10.2 Å². The Bertz CT molecular complexity index is 1060. The maximum Gasteiger partial charge on any atom is 0.406 e. The molecule has 2 amide bonds. The number of benzene rings is 2. The number of hydrogen-bond donors (Lipinski definition) is 1. The van der Waals surface area contributed by atoms with Crippen LogP contribution in [0.1, 0.15) is 21.8 Å². The van der Waals surface area contributed by atoms with Crippen molar-refractivity contribution in [1.82, 2.24) is 4.90 Å². The number of amides is 2. The number of alkyl halides is 5. The molecule has 172 valence electrons. The highest BCUT2D eigenvalue weighted by Gasteiger charge is 2.67. The first kappa shape index (κ1) is 25.2. The Morgan fingerprint density at radius 2 is 1.66 bits per heavy atom. The molecule has 0 aromatic heterocycles. The first-order chi connectivity index (χ1) is 14.7. The van der Waals surface area contributed by atoms with Gasteiger partial charge in [0.05, 0.1) is 16.5 Å². The second kappa shape index (κ2) is 9.11. The molecule has 2 atom stereocenters. The molecule has 1 N–H and O–H groups in total. The zero-order valence-electron chi connectivity index (χ0n) is 16.1. The zero-order chi connectivity index (χ0) is 24.0. The van der Waals surface area contributed by atoms with Crippen molar-refractivity contribution in [2.24, 2.45) is 5.92 Å². The van der Waals surface area contributed by atoms with Crippen molar-refractivity contribution in [2.75, 3.05) is 18.9 Å². The topological polar surface area (TPSA) is 49.4 Å². The number of nitrogens with zero attached hydrogens (tertiary/aromatic N) is 1. The lowest BCUT2D eigenvalue weighted by Crippen LogP contribution is -2.36. The van der Waals surface area contributed by atoms with Gasteiger partial charge in [0.2, 0.25) is 5.91 Å². The van der Waals surface area contributed by atoms with E-state index in [0.29, 0.717) is 20.5 Å². The van der Waals surface area contributed by atoms with Crippen LogP contribution >= 0.6 is 58.0 Å². The Kier molecular flexibility index (Phi) is 7.18. The summed E-state index contributed by atoms with van der Waals surface area (Å²) in [6.45, 7) is -1.45. The molecular weight excluding hydrogens is 534 g/mol. The summed E-state index contributed by atoms with van der Waals surface area (Å²) >= 11 is 30.6. The lowest BCUT2D eigenvalue weighted by molar-refractivity contribution is -0.138. The van der Waals surface area contributed by atoms with Crippen molar-refractivity contribution in [3.8, 4) is 0 Å². The largest absolute Gasteiger partial charge is 0.406 e. The Hall–Kier alpha value is -1.38. The van der Waals surface area contributed by atoms with Gasteiger partial charge in [-0.2, -0.15) is 13.2 Å². The molecule has 3 rings (SSSR count). The average Bonchev–Trinajstić information content (AvgIpc) is 3.23. The number of nitrogens with one attached hydrogen (secondary N) is 1. The second-order valence-electron chi connectivity index (χ2n) is 7.29. The van der Waals surface area contributed by atoms with E-state index in [0.717, 1.165) is 7.05 Å². The Balaban J connectivity index is 1.78. The molecule has 0 radical (unpaired) electrons. The minimum absolute atomic E-state index is 0.0658. The van der Waals surface area contributed by atoms with E-state index in [9.17, 15) is 22.8 Å². The van der Waals surface area contributed by atoms with Gasteiger partial charge in [0.15, 0.2) is 0 Å². The summed E-state index contributed by atoms with van der Waals surface area (Å²) in [7, 11) is 0.998. The SMILES string of the molecule is CN(CC(F)(F)F)C(=O)c1cc(NC(=O)[C@@H]2[C@@H](c3cc(Cl)cc(Cl)c3)C2(Cl)Cl)ccc1Cl. The predicted molar refractivity (Wildman–Crippen MR) is 120 cm³/mol. The van der Waals surface area contributed by atoms with Gasteiger partial charge in [-0.05, 0) is 42.0 Å². The van der Waals surface area contributed by atoms with Gasteiger partial charge in [-0.3, -0.25) is 9.59 Å². The van der Waals surface area contributed by atoms with E-state index in [4.69, 9.17) is 58.0 Å². The van der Waals surface area contributed by atoms with Gasteiger partial charge >= 0.3 is 6.18 Å². The number of anilines is 1. The molecule has 2 aromatic rings. The smallest absolute Gasteiger partial charge is 0.333 e. The molecule has 0 bridgehead atoms. The summed E-state index contributed by atoms with van der Waals surface area (Å²) < 4.78 is 36.4. The van der Waals surface area contributed by atoms with E-state index in [2.05, 4.69) is 5.32 Å². The third-order valence-corrected chi connectivity index (χ3v) is 6.51. The van der Waals surface area contributed by atoms with E-state index in [1.54, 1.807) is 12.1 Å². The Labute approximate surface area is 206 Å². The molecule has 1 aliphatic rings. The van der Waals surface area contributed by atoms with E-state index in [-0.39, 0.29) is 16.3 Å². The van der Waals surface area contributed by atoms with Crippen LogP contribution in [0, 0.1) is 5.92 Å². The molecule has 1 fully saturated rings. The molecular formula is C20H14Cl5F3N2O2. The third-order valence-electron chi connectivity index (χ3n) is 4.81. The fourth-order valence-electron chi connectivity index (χ4n) is 3.36. The van der Waals surface area contributed by atoms with Crippen LogP contribution in [0.5, 0.6) is 0 Å². The Morgan fingerprint density at radius 1 is 1.06 bits per heavy atom. The van der Waals surface area contributed by atoms with Crippen LogP contribution in [0.25, 0.3) is 0 Å². The maximum atomic E-state index is 12.8. The van der Waals surface area contributed by atoms with Gasteiger partial charge in [0.1, 0.15) is 10.9 Å². The van der Waals surface area contributed by atoms with E-state index < -0.39 is 40.7 Å². The van der Waals surface area contributed by atoms with Crippen molar-refractivity contribution in [2.45, 2.75) is 16.4 Å². The van der Waals surface area contributed by atoms with Gasteiger partial charge in [-0.15, -0.1) is 23.2 Å². The lowest BCUT2D eigenvalue weighted by Gasteiger charge is -2.20. The summed E-state index contributed by atoms with van der Waals surface area (Å²) in [6.07, 6.45) is -4.57. The molecule has 32 heavy (non-hydrogen) atoms. The first-order valence-electron chi connectivity index (χ1n) is 8.97. The van der Waals surface area contributed by atoms with Crippen LogP contribution < -0.4 is 5.32 Å². The van der Waals surface area contributed by atoms with Crippen LogP contribution in [-0.2, 0) is 4.79 Å². The fraction of sp³-hybridized carbons (Fsp3) is 0.300. The fourth-order valence-corrected chi connectivity index (χ4v) is 4.93. The molecule has 0 heterocycles. The van der Waals surface area contributed by atoms with Crippen molar-refractivity contribution in [3.63, 3.8) is 0 Å². The van der Waals surface area contributed by atoms with Crippen LogP contribution in [0.3, 0.4) is 0 Å². The molecule has 12 heteroatoms. The zero-order valence-corrected chi connectivity index (χ0v) is 19.9. The number of hydrogen-bond acceptors (Lipinski definition) is 2. The van der Waals surface area contributed by atoms with Crippen molar-refractivity contribution < 1.29 is 22.8 Å². The summed E-state index contributed by atoms with van der Waals surface area (Å²) in [5, 5.41) is 3.21. The van der Waals surface area contributed by atoms with E-state index >= 15 is 0 Å². The highest BCUT2D eigenvalue weighted by molar-refractivity contribution is 6.53. The molecule has 1 saturated carbocycles. The molecule has 2 aromatic carbocycles.